The van der Waals surface area contributed by atoms with Gasteiger partial charge in [-0.25, -0.2) is 0 Å². The number of rotatable bonds is 15. The summed E-state index contributed by atoms with van der Waals surface area (Å²) in [5.41, 5.74) is 1.54. The Morgan fingerprint density at radius 2 is 1.08 bits per heavy atom. The van der Waals surface area contributed by atoms with Crippen LogP contribution in [-0.4, -0.2) is 19.5 Å². The highest BCUT2D eigenvalue weighted by Gasteiger charge is 2.24. The van der Waals surface area contributed by atoms with Crippen LogP contribution in [0.1, 0.15) is 89.5 Å². The molecule has 0 fully saturated rings. The van der Waals surface area contributed by atoms with Crippen LogP contribution in [0, 0.1) is 0 Å². The fourth-order valence-corrected chi connectivity index (χ4v) is 5.97. The summed E-state index contributed by atoms with van der Waals surface area (Å²) in [6.07, 6.45) is 20.2. The Morgan fingerprint density at radius 3 is 1.56 bits per heavy atom. The molecule has 0 saturated carbocycles. The maximum Gasteiger partial charge on any atom is 0.0837 e. The molecule has 0 aliphatic carbocycles. The lowest BCUT2D eigenvalue weighted by Crippen LogP contribution is -3.00. The summed E-state index contributed by atoms with van der Waals surface area (Å²) in [5.74, 6) is 0. The first-order valence-electron chi connectivity index (χ1n) is 10.5. The number of halogens is 1. The van der Waals surface area contributed by atoms with Gasteiger partial charge in [-0.15, -0.1) is 0 Å². The van der Waals surface area contributed by atoms with Crippen molar-refractivity contribution in [3.63, 3.8) is 0 Å². The van der Waals surface area contributed by atoms with Crippen molar-refractivity contribution >= 4 is 7.26 Å². The van der Waals surface area contributed by atoms with Crippen LogP contribution in [-0.2, 0) is 6.16 Å². The molecule has 1 rings (SSSR count). The lowest BCUT2D eigenvalue weighted by atomic mass is 10.1. The van der Waals surface area contributed by atoms with Crippen molar-refractivity contribution in [3.05, 3.63) is 35.9 Å². The molecule has 0 amide bonds. The SMILES string of the molecule is CCCCCCCCCCCCCC[P+](C)(C)Cc1ccccc1.[Br-]. The van der Waals surface area contributed by atoms with Gasteiger partial charge in [0.25, 0.3) is 0 Å². The molecular formula is C23H42BrP. The predicted octanol–water partition coefficient (Wildman–Crippen LogP) is 5.17. The van der Waals surface area contributed by atoms with Gasteiger partial charge in [-0.3, -0.25) is 0 Å². The Balaban J connectivity index is 0.00000576. The lowest BCUT2D eigenvalue weighted by molar-refractivity contribution is -0.00000546. The molecule has 0 heterocycles. The number of benzene rings is 1. The van der Waals surface area contributed by atoms with E-state index in [2.05, 4.69) is 50.6 Å². The largest absolute Gasteiger partial charge is 1.00 e. The molecule has 2 heteroatoms. The third-order valence-corrected chi connectivity index (χ3v) is 7.82. The van der Waals surface area contributed by atoms with Crippen LogP contribution in [0.5, 0.6) is 0 Å². The van der Waals surface area contributed by atoms with E-state index in [0.717, 1.165) is 0 Å². The van der Waals surface area contributed by atoms with Gasteiger partial charge < -0.3 is 17.0 Å². The molecule has 0 N–H and O–H groups in total. The summed E-state index contributed by atoms with van der Waals surface area (Å²) < 4.78 is 0. The zero-order chi connectivity index (χ0) is 17.5. The fraction of sp³-hybridized carbons (Fsp3) is 0.739. The highest BCUT2D eigenvalue weighted by Crippen LogP contribution is 2.54. The normalized spacial score (nSPS) is 11.3. The minimum Gasteiger partial charge on any atom is -1.00 e. The van der Waals surface area contributed by atoms with E-state index in [0.29, 0.717) is 0 Å². The zero-order valence-electron chi connectivity index (χ0n) is 17.1. The molecule has 0 aliphatic rings. The third kappa shape index (κ3) is 14.9. The van der Waals surface area contributed by atoms with Crippen molar-refractivity contribution in [2.75, 3.05) is 19.5 Å². The van der Waals surface area contributed by atoms with Crippen LogP contribution < -0.4 is 17.0 Å². The molecule has 1 aromatic carbocycles. The Kier molecular flexibility index (Phi) is 16.4. The molecule has 0 spiro atoms. The zero-order valence-corrected chi connectivity index (χ0v) is 19.6. The van der Waals surface area contributed by atoms with Crippen molar-refractivity contribution in [2.45, 2.75) is 90.1 Å². The summed E-state index contributed by atoms with van der Waals surface area (Å²) >= 11 is 0. The van der Waals surface area contributed by atoms with E-state index >= 15 is 0 Å². The van der Waals surface area contributed by atoms with E-state index < -0.39 is 7.26 Å². The average molecular weight is 429 g/mol. The lowest BCUT2D eigenvalue weighted by Gasteiger charge is -2.18. The molecule has 0 bridgehead atoms. The minimum absolute atomic E-state index is 0. The van der Waals surface area contributed by atoms with E-state index in [1.807, 2.05) is 0 Å². The van der Waals surface area contributed by atoms with Crippen LogP contribution >= 0.6 is 7.26 Å². The molecule has 25 heavy (non-hydrogen) atoms. The van der Waals surface area contributed by atoms with Gasteiger partial charge in [-0.05, 0) is 18.4 Å². The van der Waals surface area contributed by atoms with Gasteiger partial charge in [-0.2, -0.15) is 0 Å². The quantitative estimate of drug-likeness (QED) is 0.267. The van der Waals surface area contributed by atoms with Gasteiger partial charge >= 0.3 is 0 Å². The van der Waals surface area contributed by atoms with Crippen molar-refractivity contribution in [1.82, 2.24) is 0 Å². The van der Waals surface area contributed by atoms with Crippen molar-refractivity contribution in [3.8, 4) is 0 Å². The van der Waals surface area contributed by atoms with E-state index in [1.165, 1.54) is 94.9 Å². The Morgan fingerprint density at radius 1 is 0.640 bits per heavy atom. The predicted molar refractivity (Wildman–Crippen MR) is 115 cm³/mol. The second-order valence-corrected chi connectivity index (χ2v) is 12.8. The summed E-state index contributed by atoms with van der Waals surface area (Å²) in [5, 5.41) is 0. The van der Waals surface area contributed by atoms with Crippen LogP contribution in [0.25, 0.3) is 0 Å². The van der Waals surface area contributed by atoms with Gasteiger partial charge in [-0.1, -0.05) is 101 Å². The molecule has 146 valence electrons. The highest BCUT2D eigenvalue weighted by molar-refractivity contribution is 7.73. The van der Waals surface area contributed by atoms with Gasteiger partial charge in [0.1, 0.15) is 0 Å². The second kappa shape index (κ2) is 16.3. The van der Waals surface area contributed by atoms with E-state index in [-0.39, 0.29) is 17.0 Å². The first kappa shape index (κ1) is 25.1. The van der Waals surface area contributed by atoms with Gasteiger partial charge in [0.15, 0.2) is 0 Å². The summed E-state index contributed by atoms with van der Waals surface area (Å²) in [6, 6.07) is 11.1. The van der Waals surface area contributed by atoms with E-state index in [9.17, 15) is 0 Å². The molecule has 0 atom stereocenters. The standard InChI is InChI=1S/C23H42P.BrH/c1-4-5-6-7-8-9-10-11-12-13-14-18-21-24(2,3)22-23-19-16-15-17-20-23;/h15-17,19-20H,4-14,18,21-22H2,1-3H3;1H/q+1;/p-1. The van der Waals surface area contributed by atoms with E-state index in [1.54, 1.807) is 0 Å². The third-order valence-electron chi connectivity index (χ3n) is 5.07. The van der Waals surface area contributed by atoms with Gasteiger partial charge in [0.05, 0.1) is 12.3 Å². The summed E-state index contributed by atoms with van der Waals surface area (Å²) in [4.78, 5) is 0. The second-order valence-electron chi connectivity index (χ2n) is 8.19. The van der Waals surface area contributed by atoms with Gasteiger partial charge in [0.2, 0.25) is 0 Å². The number of hydrogen-bond donors (Lipinski definition) is 0. The molecule has 1 aromatic rings. The maximum absolute atomic E-state index is 2.54. The first-order chi connectivity index (χ1) is 11.6. The maximum atomic E-state index is 2.54. The van der Waals surface area contributed by atoms with Gasteiger partial charge in [0, 0.05) is 20.6 Å². The van der Waals surface area contributed by atoms with Crippen molar-refractivity contribution in [1.29, 1.82) is 0 Å². The Hall–Kier alpha value is 0.130. The first-order valence-corrected chi connectivity index (χ1v) is 13.6. The molecule has 0 nitrogen and oxygen atoms in total. The summed E-state index contributed by atoms with van der Waals surface area (Å²) in [7, 11) is -0.744. The topological polar surface area (TPSA) is 0 Å². The minimum atomic E-state index is -0.744. The fourth-order valence-electron chi connectivity index (χ4n) is 3.54. The monoisotopic (exact) mass is 428 g/mol. The van der Waals surface area contributed by atoms with Crippen LogP contribution in [0.3, 0.4) is 0 Å². The number of unbranched alkanes of at least 4 members (excludes halogenated alkanes) is 11. The highest BCUT2D eigenvalue weighted by atomic mass is 79.9. The molecular weight excluding hydrogens is 387 g/mol. The van der Waals surface area contributed by atoms with E-state index in [4.69, 9.17) is 0 Å². The molecule has 0 unspecified atom stereocenters. The van der Waals surface area contributed by atoms with Crippen LogP contribution in [0.4, 0.5) is 0 Å². The Bertz CT molecular complexity index is 388. The Labute approximate surface area is 169 Å². The number of hydrogen-bond acceptors (Lipinski definition) is 0. The summed E-state index contributed by atoms with van der Waals surface area (Å²) in [6.45, 7) is 7.38. The molecule has 0 aliphatic heterocycles. The molecule has 0 saturated heterocycles. The average Bonchev–Trinajstić information content (AvgIpc) is 2.56. The van der Waals surface area contributed by atoms with Crippen molar-refractivity contribution in [2.24, 2.45) is 0 Å². The molecule has 0 aromatic heterocycles. The van der Waals surface area contributed by atoms with Crippen LogP contribution in [0.2, 0.25) is 0 Å². The van der Waals surface area contributed by atoms with Crippen molar-refractivity contribution < 1.29 is 17.0 Å². The molecule has 0 radical (unpaired) electrons. The van der Waals surface area contributed by atoms with Crippen LogP contribution in [0.15, 0.2) is 30.3 Å². The smallest absolute Gasteiger partial charge is 0.0837 e.